The van der Waals surface area contributed by atoms with Gasteiger partial charge in [0.15, 0.2) is 6.10 Å². The van der Waals surface area contributed by atoms with Crippen LogP contribution in [0.5, 0.6) is 0 Å². The molecule has 0 spiro atoms. The Bertz CT molecular complexity index is 745. The van der Waals surface area contributed by atoms with Crippen LogP contribution in [0, 0.1) is 5.92 Å². The summed E-state index contributed by atoms with van der Waals surface area (Å²) in [6.07, 6.45) is -0.330. The van der Waals surface area contributed by atoms with Crippen LogP contribution in [-0.2, 0) is 19.6 Å². The molecule has 0 saturated carbocycles. The number of hydrogen-bond acceptors (Lipinski definition) is 6. The van der Waals surface area contributed by atoms with Gasteiger partial charge in [-0.1, -0.05) is 26.0 Å². The molecule has 132 valence electrons. The topological polar surface area (TPSA) is 145 Å². The normalized spacial score (nSPS) is 12.3. The minimum absolute atomic E-state index is 0.0165. The molecule has 0 fully saturated rings. The van der Waals surface area contributed by atoms with Crippen LogP contribution in [0.1, 0.15) is 24.2 Å². The van der Waals surface area contributed by atoms with Gasteiger partial charge >= 0.3 is 12.0 Å². The molecule has 0 aliphatic rings. The van der Waals surface area contributed by atoms with Gasteiger partial charge in [-0.3, -0.25) is 14.8 Å². The average molecular weight is 357 g/mol. The van der Waals surface area contributed by atoms with Crippen molar-refractivity contribution in [1.29, 1.82) is 0 Å². The fraction of sp³-hybridized carbons (Fsp3) is 0.357. The molecule has 9 nitrogen and oxygen atoms in total. The third-order valence-corrected chi connectivity index (χ3v) is 3.38. The van der Waals surface area contributed by atoms with Gasteiger partial charge in [0.05, 0.1) is 17.5 Å². The number of anilines is 1. The highest BCUT2D eigenvalue weighted by molar-refractivity contribution is 7.92. The summed E-state index contributed by atoms with van der Waals surface area (Å²) in [6, 6.07) is 4.70. The van der Waals surface area contributed by atoms with Crippen LogP contribution < -0.4 is 15.8 Å². The quantitative estimate of drug-likeness (QED) is 0.630. The molecule has 24 heavy (non-hydrogen) atoms. The first-order valence-electron chi connectivity index (χ1n) is 6.89. The maximum atomic E-state index is 12.3. The Balaban J connectivity index is 3.05. The Hall–Kier alpha value is -2.62. The molecule has 1 atom stereocenters. The molecule has 1 aromatic carbocycles. The number of hydrogen-bond donors (Lipinski definition) is 3. The smallest absolute Gasteiger partial charge is 0.341 e. The van der Waals surface area contributed by atoms with E-state index in [1.807, 2.05) is 5.32 Å². The minimum atomic E-state index is -3.61. The lowest BCUT2D eigenvalue weighted by Crippen LogP contribution is -2.45. The number of esters is 1. The fourth-order valence-electron chi connectivity index (χ4n) is 1.81. The lowest BCUT2D eigenvalue weighted by atomic mass is 10.1. The van der Waals surface area contributed by atoms with E-state index >= 15 is 0 Å². The second-order valence-corrected chi connectivity index (χ2v) is 7.09. The van der Waals surface area contributed by atoms with Crippen LogP contribution in [0.4, 0.5) is 10.5 Å². The molecule has 4 N–H and O–H groups in total. The Morgan fingerprint density at radius 2 is 1.75 bits per heavy atom. The van der Waals surface area contributed by atoms with Crippen LogP contribution in [0.2, 0.25) is 0 Å². The summed E-state index contributed by atoms with van der Waals surface area (Å²) >= 11 is 0. The number of rotatable bonds is 6. The van der Waals surface area contributed by atoms with Gasteiger partial charge in [-0.05, 0) is 18.1 Å². The van der Waals surface area contributed by atoms with Crippen molar-refractivity contribution in [3.63, 3.8) is 0 Å². The summed E-state index contributed by atoms with van der Waals surface area (Å²) in [7, 11) is -3.61. The van der Waals surface area contributed by atoms with Crippen LogP contribution in [0.15, 0.2) is 24.3 Å². The molecule has 1 aromatic rings. The number of ether oxygens (including phenoxy) is 1. The number of amides is 3. The molecule has 0 aromatic heterocycles. The van der Waals surface area contributed by atoms with E-state index < -0.39 is 40.0 Å². The summed E-state index contributed by atoms with van der Waals surface area (Å²) in [5, 5.41) is 1.85. The first-order chi connectivity index (χ1) is 11.0. The number of imide groups is 1. The van der Waals surface area contributed by atoms with Crippen molar-refractivity contribution in [3.8, 4) is 0 Å². The molecule has 0 radical (unpaired) electrons. The van der Waals surface area contributed by atoms with Gasteiger partial charge in [0, 0.05) is 0 Å². The number of carbonyl (C=O) groups is 3. The first kappa shape index (κ1) is 19.4. The van der Waals surface area contributed by atoms with Crippen LogP contribution in [0.3, 0.4) is 0 Å². The maximum Gasteiger partial charge on any atom is 0.341 e. The standard InChI is InChI=1S/C14H19N3O6S/c1-8(2)11(12(18)16-14(15)20)23-13(19)9-6-4-5-7-10(9)17-24(3,21)22/h4-8,11,17H,1-3H3,(H3,15,16,18,20)/t11-/m1/s1. The molecular formula is C14H19N3O6S. The highest BCUT2D eigenvalue weighted by Gasteiger charge is 2.28. The van der Waals surface area contributed by atoms with E-state index in [9.17, 15) is 22.8 Å². The highest BCUT2D eigenvalue weighted by atomic mass is 32.2. The van der Waals surface area contributed by atoms with Crippen molar-refractivity contribution in [3.05, 3.63) is 29.8 Å². The van der Waals surface area contributed by atoms with Crippen molar-refractivity contribution >= 4 is 33.6 Å². The Kier molecular flexibility index (Phi) is 6.29. The molecular weight excluding hydrogens is 338 g/mol. The summed E-state index contributed by atoms with van der Waals surface area (Å²) in [5.74, 6) is -2.22. The molecule has 0 unspecified atom stereocenters. The van der Waals surface area contributed by atoms with E-state index in [1.54, 1.807) is 13.8 Å². The highest BCUT2D eigenvalue weighted by Crippen LogP contribution is 2.19. The Morgan fingerprint density at radius 1 is 1.17 bits per heavy atom. The van der Waals surface area contributed by atoms with Gasteiger partial charge in [0.2, 0.25) is 10.0 Å². The molecule has 0 aliphatic heterocycles. The van der Waals surface area contributed by atoms with Crippen molar-refractivity contribution in [1.82, 2.24) is 5.32 Å². The van der Waals surface area contributed by atoms with Gasteiger partial charge in [0.1, 0.15) is 0 Å². The number of para-hydroxylation sites is 1. The van der Waals surface area contributed by atoms with Crippen molar-refractivity contribution < 1.29 is 27.5 Å². The minimum Gasteiger partial charge on any atom is -0.448 e. The van der Waals surface area contributed by atoms with Crippen molar-refractivity contribution in [2.45, 2.75) is 20.0 Å². The third kappa shape index (κ3) is 5.88. The summed E-state index contributed by atoms with van der Waals surface area (Å²) in [5.41, 5.74) is 4.83. The van der Waals surface area contributed by atoms with E-state index in [1.165, 1.54) is 24.3 Å². The predicted octanol–water partition coefficient (Wildman–Crippen LogP) is 0.434. The lowest BCUT2D eigenvalue weighted by Gasteiger charge is -2.20. The monoisotopic (exact) mass is 357 g/mol. The Labute approximate surface area is 139 Å². The number of primary amides is 1. The van der Waals surface area contributed by atoms with Gasteiger partial charge in [0.25, 0.3) is 5.91 Å². The number of urea groups is 1. The zero-order valence-corrected chi connectivity index (χ0v) is 14.2. The summed E-state index contributed by atoms with van der Waals surface area (Å²) < 4.78 is 30.0. The number of nitrogens with two attached hydrogens (primary N) is 1. The van der Waals surface area contributed by atoms with Gasteiger partial charge in [-0.2, -0.15) is 0 Å². The molecule has 0 aliphatic carbocycles. The molecule has 0 saturated heterocycles. The second kappa shape index (κ2) is 7.77. The molecule has 0 bridgehead atoms. The molecule has 1 rings (SSSR count). The van der Waals surface area contributed by atoms with Gasteiger partial charge < -0.3 is 10.5 Å². The summed E-state index contributed by atoms with van der Waals surface area (Å²) in [4.78, 5) is 35.0. The largest absolute Gasteiger partial charge is 0.448 e. The summed E-state index contributed by atoms with van der Waals surface area (Å²) in [6.45, 7) is 3.22. The van der Waals surface area contributed by atoms with E-state index in [4.69, 9.17) is 10.5 Å². The van der Waals surface area contributed by atoms with E-state index in [0.717, 1.165) is 6.26 Å². The SMILES string of the molecule is CC(C)[C@@H](OC(=O)c1ccccc1NS(C)(=O)=O)C(=O)NC(N)=O. The Morgan fingerprint density at radius 3 is 2.25 bits per heavy atom. The number of sulfonamides is 1. The van der Waals surface area contributed by atoms with Gasteiger partial charge in [-0.25, -0.2) is 18.0 Å². The first-order valence-corrected chi connectivity index (χ1v) is 8.78. The molecule has 3 amide bonds. The third-order valence-electron chi connectivity index (χ3n) is 2.79. The van der Waals surface area contributed by atoms with Crippen LogP contribution in [0.25, 0.3) is 0 Å². The predicted molar refractivity (Wildman–Crippen MR) is 86.7 cm³/mol. The van der Waals surface area contributed by atoms with Crippen molar-refractivity contribution in [2.75, 3.05) is 11.0 Å². The van der Waals surface area contributed by atoms with Crippen LogP contribution >= 0.6 is 0 Å². The number of benzene rings is 1. The maximum absolute atomic E-state index is 12.3. The van der Waals surface area contributed by atoms with E-state index in [0.29, 0.717) is 0 Å². The second-order valence-electron chi connectivity index (χ2n) is 5.34. The zero-order valence-electron chi connectivity index (χ0n) is 13.4. The van der Waals surface area contributed by atoms with E-state index in [-0.39, 0.29) is 11.3 Å². The molecule has 0 heterocycles. The van der Waals surface area contributed by atoms with E-state index in [2.05, 4.69) is 4.72 Å². The average Bonchev–Trinajstić information content (AvgIpc) is 2.42. The number of nitrogens with one attached hydrogen (secondary N) is 2. The fourth-order valence-corrected chi connectivity index (χ4v) is 2.39. The van der Waals surface area contributed by atoms with Crippen LogP contribution in [-0.4, -0.2) is 38.7 Å². The molecule has 10 heteroatoms. The number of carbonyl (C=O) groups excluding carboxylic acids is 3. The zero-order chi connectivity index (χ0) is 18.5. The lowest BCUT2D eigenvalue weighted by molar-refractivity contribution is -0.130. The van der Waals surface area contributed by atoms with Gasteiger partial charge in [-0.15, -0.1) is 0 Å². The van der Waals surface area contributed by atoms with Crippen molar-refractivity contribution in [2.24, 2.45) is 11.7 Å².